The van der Waals surface area contributed by atoms with Crippen molar-refractivity contribution in [2.45, 2.75) is 51.0 Å². The predicted molar refractivity (Wildman–Crippen MR) is 96.8 cm³/mol. The van der Waals surface area contributed by atoms with Gasteiger partial charge in [0.25, 0.3) is 0 Å². The third-order valence-corrected chi connectivity index (χ3v) is 3.86. The van der Waals surface area contributed by atoms with Gasteiger partial charge in [-0.15, -0.1) is 24.0 Å². The van der Waals surface area contributed by atoms with Gasteiger partial charge < -0.3 is 11.1 Å². The van der Waals surface area contributed by atoms with Gasteiger partial charge in [0.05, 0.1) is 0 Å². The molecule has 112 valence electrons. The molecule has 0 heterocycles. The summed E-state index contributed by atoms with van der Waals surface area (Å²) in [6, 6.07) is 11.0. The number of halogens is 1. The third kappa shape index (κ3) is 5.69. The molecule has 3 N–H and O–H groups in total. The molecule has 20 heavy (non-hydrogen) atoms. The molecule has 1 aromatic carbocycles. The summed E-state index contributed by atoms with van der Waals surface area (Å²) in [5.74, 6) is 1.02. The van der Waals surface area contributed by atoms with Gasteiger partial charge in [-0.3, -0.25) is 4.99 Å². The predicted octanol–water partition coefficient (Wildman–Crippen LogP) is 3.65. The molecule has 0 radical (unpaired) electrons. The number of guanidine groups is 1. The Morgan fingerprint density at radius 2 is 1.90 bits per heavy atom. The largest absolute Gasteiger partial charge is 0.370 e. The molecule has 1 saturated carbocycles. The summed E-state index contributed by atoms with van der Waals surface area (Å²) >= 11 is 0. The van der Waals surface area contributed by atoms with Gasteiger partial charge in [-0.25, -0.2) is 0 Å². The normalized spacial score (nSPS) is 18.1. The highest BCUT2D eigenvalue weighted by atomic mass is 127. The Bertz CT molecular complexity index is 399. The number of nitrogens with two attached hydrogens (primary N) is 1. The zero-order valence-corrected chi connectivity index (χ0v) is 14.5. The van der Waals surface area contributed by atoms with Crippen molar-refractivity contribution in [3.63, 3.8) is 0 Å². The van der Waals surface area contributed by atoms with Gasteiger partial charge in [0.1, 0.15) is 0 Å². The summed E-state index contributed by atoms with van der Waals surface area (Å²) in [6.45, 7) is 2.93. The van der Waals surface area contributed by atoms with Gasteiger partial charge in [0.2, 0.25) is 0 Å². The number of nitrogens with zero attached hydrogens (tertiary/aromatic N) is 1. The maximum absolute atomic E-state index is 5.97. The van der Waals surface area contributed by atoms with E-state index in [-0.39, 0.29) is 24.0 Å². The van der Waals surface area contributed by atoms with Gasteiger partial charge in [0, 0.05) is 18.5 Å². The maximum atomic E-state index is 5.97. The molecule has 0 spiro atoms. The first kappa shape index (κ1) is 17.3. The lowest BCUT2D eigenvalue weighted by molar-refractivity contribution is 0.412. The van der Waals surface area contributed by atoms with Crippen molar-refractivity contribution in [3.05, 3.63) is 35.9 Å². The summed E-state index contributed by atoms with van der Waals surface area (Å²) in [5.41, 5.74) is 7.29. The number of aliphatic imine (C=N–C) groups is 1. The van der Waals surface area contributed by atoms with Crippen molar-refractivity contribution < 1.29 is 0 Å². The van der Waals surface area contributed by atoms with Crippen LogP contribution in [0, 0.1) is 0 Å². The van der Waals surface area contributed by atoms with Crippen LogP contribution in [0.15, 0.2) is 35.3 Å². The molecule has 3 nitrogen and oxygen atoms in total. The van der Waals surface area contributed by atoms with Gasteiger partial charge in [0.15, 0.2) is 5.96 Å². The zero-order valence-electron chi connectivity index (χ0n) is 12.2. The van der Waals surface area contributed by atoms with Crippen LogP contribution < -0.4 is 11.1 Å². The van der Waals surface area contributed by atoms with E-state index < -0.39 is 0 Å². The second kappa shape index (κ2) is 9.21. The Balaban J connectivity index is 0.00000200. The molecule has 0 saturated heterocycles. The number of nitrogens with one attached hydrogen (secondary N) is 1. The highest BCUT2D eigenvalue weighted by molar-refractivity contribution is 14.0. The average molecular weight is 387 g/mol. The van der Waals surface area contributed by atoms with E-state index in [1.807, 2.05) is 6.07 Å². The van der Waals surface area contributed by atoms with Crippen LogP contribution in [0.2, 0.25) is 0 Å². The maximum Gasteiger partial charge on any atom is 0.188 e. The summed E-state index contributed by atoms with van der Waals surface area (Å²) in [5, 5.41) is 3.35. The van der Waals surface area contributed by atoms with Crippen molar-refractivity contribution >= 4 is 29.9 Å². The fourth-order valence-corrected chi connectivity index (χ4v) is 2.62. The minimum atomic E-state index is 0. The standard InChI is InChI=1S/C16H25N3.HI/c1-13(14-8-4-2-5-9-14)12-18-16(17)19-15-10-6-3-7-11-15;/h2,4-5,8-9,13,15H,3,6-7,10-12H2,1H3,(H3,17,18,19);1H. The SMILES string of the molecule is CC(CN=C(N)NC1CCCCC1)c1ccccc1.I. The summed E-state index contributed by atoms with van der Waals surface area (Å²) in [6.07, 6.45) is 6.44. The molecule has 1 aliphatic carbocycles. The van der Waals surface area contributed by atoms with Crippen LogP contribution in [0.4, 0.5) is 0 Å². The van der Waals surface area contributed by atoms with E-state index in [4.69, 9.17) is 5.73 Å². The van der Waals surface area contributed by atoms with Crippen LogP contribution in [0.25, 0.3) is 0 Å². The quantitative estimate of drug-likeness (QED) is 0.471. The molecule has 1 aliphatic rings. The molecule has 0 bridgehead atoms. The van der Waals surface area contributed by atoms with Crippen LogP contribution in [-0.2, 0) is 0 Å². The Hall–Kier alpha value is -0.780. The highest BCUT2D eigenvalue weighted by Gasteiger charge is 2.13. The van der Waals surface area contributed by atoms with E-state index in [0.29, 0.717) is 17.9 Å². The Morgan fingerprint density at radius 1 is 1.25 bits per heavy atom. The molecule has 2 rings (SSSR count). The van der Waals surface area contributed by atoms with Crippen LogP contribution in [0.1, 0.15) is 50.5 Å². The minimum absolute atomic E-state index is 0. The monoisotopic (exact) mass is 387 g/mol. The van der Waals surface area contributed by atoms with Crippen LogP contribution in [0.5, 0.6) is 0 Å². The van der Waals surface area contributed by atoms with E-state index in [2.05, 4.69) is 41.5 Å². The molecule has 0 aliphatic heterocycles. The van der Waals surface area contributed by atoms with Gasteiger partial charge in [-0.1, -0.05) is 56.5 Å². The fraction of sp³-hybridized carbons (Fsp3) is 0.562. The van der Waals surface area contributed by atoms with E-state index in [9.17, 15) is 0 Å². The molecule has 1 fully saturated rings. The van der Waals surface area contributed by atoms with Crippen molar-refractivity contribution in [1.82, 2.24) is 5.32 Å². The van der Waals surface area contributed by atoms with Gasteiger partial charge in [-0.2, -0.15) is 0 Å². The molecule has 1 unspecified atom stereocenters. The van der Waals surface area contributed by atoms with Crippen LogP contribution >= 0.6 is 24.0 Å². The lowest BCUT2D eigenvalue weighted by atomic mass is 9.96. The van der Waals surface area contributed by atoms with Crippen LogP contribution in [-0.4, -0.2) is 18.5 Å². The van der Waals surface area contributed by atoms with Crippen molar-refractivity contribution in [1.29, 1.82) is 0 Å². The first-order valence-electron chi connectivity index (χ1n) is 7.37. The molecule has 1 atom stereocenters. The van der Waals surface area contributed by atoms with Crippen molar-refractivity contribution in [3.8, 4) is 0 Å². The number of rotatable bonds is 4. The summed E-state index contributed by atoms with van der Waals surface area (Å²) in [7, 11) is 0. The minimum Gasteiger partial charge on any atom is -0.370 e. The molecule has 1 aromatic rings. The summed E-state index contributed by atoms with van der Waals surface area (Å²) in [4.78, 5) is 4.48. The Morgan fingerprint density at radius 3 is 2.55 bits per heavy atom. The average Bonchev–Trinajstić information content (AvgIpc) is 2.47. The Labute approximate surface area is 139 Å². The molecular formula is C16H26IN3. The lowest BCUT2D eigenvalue weighted by Gasteiger charge is -2.23. The second-order valence-corrected chi connectivity index (χ2v) is 5.52. The second-order valence-electron chi connectivity index (χ2n) is 5.52. The lowest BCUT2D eigenvalue weighted by Crippen LogP contribution is -2.41. The topological polar surface area (TPSA) is 50.4 Å². The van der Waals surface area contributed by atoms with Gasteiger partial charge in [-0.05, 0) is 18.4 Å². The molecule has 0 aromatic heterocycles. The van der Waals surface area contributed by atoms with Crippen molar-refractivity contribution in [2.75, 3.05) is 6.54 Å². The fourth-order valence-electron chi connectivity index (χ4n) is 2.62. The molecular weight excluding hydrogens is 361 g/mol. The van der Waals surface area contributed by atoms with E-state index >= 15 is 0 Å². The molecule has 4 heteroatoms. The first-order chi connectivity index (χ1) is 9.25. The first-order valence-corrected chi connectivity index (χ1v) is 7.37. The van der Waals surface area contributed by atoms with E-state index in [1.165, 1.54) is 37.7 Å². The third-order valence-electron chi connectivity index (χ3n) is 3.86. The smallest absolute Gasteiger partial charge is 0.188 e. The number of hydrogen-bond donors (Lipinski definition) is 2. The van der Waals surface area contributed by atoms with Crippen molar-refractivity contribution in [2.24, 2.45) is 10.7 Å². The highest BCUT2D eigenvalue weighted by Crippen LogP contribution is 2.17. The Kier molecular flexibility index (Phi) is 7.95. The van der Waals surface area contributed by atoms with E-state index in [1.54, 1.807) is 0 Å². The van der Waals surface area contributed by atoms with Crippen LogP contribution in [0.3, 0.4) is 0 Å². The zero-order chi connectivity index (χ0) is 13.5. The molecule has 0 amide bonds. The summed E-state index contributed by atoms with van der Waals surface area (Å²) < 4.78 is 0. The number of hydrogen-bond acceptors (Lipinski definition) is 1. The van der Waals surface area contributed by atoms with E-state index in [0.717, 1.165) is 6.54 Å². The van der Waals surface area contributed by atoms with Gasteiger partial charge >= 0.3 is 0 Å². The number of benzene rings is 1.